The van der Waals surface area contributed by atoms with E-state index in [1.165, 1.54) is 5.56 Å². The third-order valence-corrected chi connectivity index (χ3v) is 10.6. The van der Waals surface area contributed by atoms with Crippen LogP contribution in [0, 0.1) is 5.41 Å². The van der Waals surface area contributed by atoms with Gasteiger partial charge in [-0.3, -0.25) is 4.79 Å². The Morgan fingerprint density at radius 3 is 2.69 bits per heavy atom. The van der Waals surface area contributed by atoms with Gasteiger partial charge in [-0.2, -0.15) is 0 Å². The number of fused-ring (bicyclic) bond motifs is 1. The van der Waals surface area contributed by atoms with Crippen LogP contribution in [0.2, 0.25) is 0 Å². The van der Waals surface area contributed by atoms with E-state index in [1.807, 2.05) is 48.5 Å². The average molecular weight is 524 g/mol. The average Bonchev–Trinajstić information content (AvgIpc) is 3.49. The predicted octanol–water partition coefficient (Wildman–Crippen LogP) is 4.02. The van der Waals surface area contributed by atoms with Gasteiger partial charge in [-0.15, -0.1) is 0 Å². The summed E-state index contributed by atoms with van der Waals surface area (Å²) in [4.78, 5) is 17.0. The van der Waals surface area contributed by atoms with Crippen molar-refractivity contribution in [2.24, 2.45) is 5.41 Å². The van der Waals surface area contributed by atoms with Crippen molar-refractivity contribution in [1.29, 1.82) is 0 Å². The Morgan fingerprint density at radius 2 is 1.87 bits per heavy atom. The molecule has 1 saturated carbocycles. The summed E-state index contributed by atoms with van der Waals surface area (Å²) in [6.07, 6.45) is 2.28. The summed E-state index contributed by atoms with van der Waals surface area (Å²) >= 11 is 0. The molecule has 3 aromatic rings. The molecule has 0 amide bonds. The van der Waals surface area contributed by atoms with E-state index in [-0.39, 0.29) is 11.8 Å². The Hall–Kier alpha value is -3.35. The topological polar surface area (TPSA) is 68.2 Å². The number of likely N-dealkylation sites (N-methyl/N-ethyl adjacent to an activating group) is 1. The van der Waals surface area contributed by atoms with Crippen molar-refractivity contribution in [2.45, 2.75) is 61.9 Å². The normalized spacial score (nSPS) is 33.5. The highest BCUT2D eigenvalue weighted by Crippen LogP contribution is 2.68. The van der Waals surface area contributed by atoms with Crippen LogP contribution in [0.25, 0.3) is 0 Å². The first kappa shape index (κ1) is 23.5. The molecule has 5 aliphatic rings. The van der Waals surface area contributed by atoms with Gasteiger partial charge in [0.15, 0.2) is 23.4 Å². The van der Waals surface area contributed by atoms with Gasteiger partial charge in [-0.25, -0.2) is 0 Å². The number of methoxy groups -OCH3 is 1. The molecular formula is C33H33NO5. The monoisotopic (exact) mass is 523 g/mol. The van der Waals surface area contributed by atoms with Crippen molar-refractivity contribution in [1.82, 2.24) is 4.90 Å². The smallest absolute Gasteiger partial charge is 0.181 e. The summed E-state index contributed by atoms with van der Waals surface area (Å²) in [5, 5.41) is 13.0. The van der Waals surface area contributed by atoms with Crippen LogP contribution >= 0.6 is 0 Å². The second-order valence-corrected chi connectivity index (χ2v) is 12.3. The maximum absolute atomic E-state index is 14.7. The number of carbonyl (C=O) groups excluding carboxylic acids is 1. The van der Waals surface area contributed by atoms with Crippen LogP contribution in [0.4, 0.5) is 0 Å². The Kier molecular flexibility index (Phi) is 4.74. The molecule has 0 aromatic heterocycles. The fourth-order valence-electron chi connectivity index (χ4n) is 8.87. The molecule has 1 N–H and O–H groups in total. The van der Waals surface area contributed by atoms with Crippen molar-refractivity contribution < 1.29 is 24.1 Å². The zero-order chi connectivity index (χ0) is 26.6. The lowest BCUT2D eigenvalue weighted by atomic mass is 9.44. The van der Waals surface area contributed by atoms with E-state index in [0.717, 1.165) is 41.0 Å². The minimum absolute atomic E-state index is 0.0810. The van der Waals surface area contributed by atoms with Crippen LogP contribution < -0.4 is 14.2 Å². The molecule has 0 radical (unpaired) electrons. The second kappa shape index (κ2) is 7.86. The van der Waals surface area contributed by atoms with Crippen molar-refractivity contribution in [2.75, 3.05) is 20.7 Å². The van der Waals surface area contributed by atoms with E-state index < -0.39 is 22.5 Å². The highest BCUT2D eigenvalue weighted by atomic mass is 16.5. The molecule has 5 atom stereocenters. The van der Waals surface area contributed by atoms with Gasteiger partial charge < -0.3 is 24.2 Å². The first-order chi connectivity index (χ1) is 18.9. The molecule has 2 bridgehead atoms. The molecule has 6 nitrogen and oxygen atoms in total. The SMILES string of the molecule is COc1cccc2c1CC1(C2)C[C@@]2(O)[C@H]3Cc4ccc(OCc5ccccc5)c5c4[C@@]2(CCN3C)[C@@H](O5)C1=O. The molecule has 39 heavy (non-hydrogen) atoms. The molecule has 8 rings (SSSR count). The first-order valence-electron chi connectivity index (χ1n) is 14.0. The van der Waals surface area contributed by atoms with Gasteiger partial charge in [0.05, 0.1) is 18.1 Å². The number of rotatable bonds is 4. The highest BCUT2D eigenvalue weighted by molar-refractivity contribution is 5.96. The molecule has 6 heteroatoms. The first-order valence-corrected chi connectivity index (χ1v) is 14.0. The lowest BCUT2D eigenvalue weighted by Gasteiger charge is -2.64. The third-order valence-electron chi connectivity index (χ3n) is 10.6. The summed E-state index contributed by atoms with van der Waals surface area (Å²) in [6.45, 7) is 1.23. The van der Waals surface area contributed by atoms with Gasteiger partial charge in [0, 0.05) is 17.0 Å². The van der Waals surface area contributed by atoms with E-state index >= 15 is 0 Å². The Bertz CT molecular complexity index is 1520. The van der Waals surface area contributed by atoms with Crippen LogP contribution in [0.15, 0.2) is 60.7 Å². The van der Waals surface area contributed by atoms with E-state index in [0.29, 0.717) is 43.8 Å². The van der Waals surface area contributed by atoms with Crippen molar-refractivity contribution >= 4 is 5.78 Å². The lowest BCUT2D eigenvalue weighted by Crippen LogP contribution is -2.79. The molecule has 200 valence electrons. The van der Waals surface area contributed by atoms with E-state index in [4.69, 9.17) is 14.2 Å². The largest absolute Gasteiger partial charge is 0.496 e. The molecule has 2 spiro atoms. The Morgan fingerprint density at radius 1 is 1.03 bits per heavy atom. The number of piperidine rings is 1. The van der Waals surface area contributed by atoms with Crippen molar-refractivity contribution in [3.8, 4) is 17.2 Å². The number of likely N-dealkylation sites (tertiary alicyclic amines) is 1. The standard InChI is InChI=1S/C33H33NO5/c1-34-14-13-32-27-21-11-12-25(38-18-20-7-4-3-5-8-20)28(27)39-30(32)29(35)31(19-33(32,36)26(34)15-21)16-22-9-6-10-24(37-2)23(22)17-31/h3-12,26,30,36H,13-19H2,1-2H3/t26-,30+,31?,32+,33-/m1/s1. The molecule has 1 unspecified atom stereocenters. The van der Waals surface area contributed by atoms with Crippen LogP contribution in [0.1, 0.15) is 40.7 Å². The van der Waals surface area contributed by atoms with Crippen LogP contribution in [0.5, 0.6) is 17.2 Å². The number of hydrogen-bond acceptors (Lipinski definition) is 6. The third kappa shape index (κ3) is 2.86. The fourth-order valence-corrected chi connectivity index (χ4v) is 8.87. The summed E-state index contributed by atoms with van der Waals surface area (Å²) < 4.78 is 18.8. The van der Waals surface area contributed by atoms with Crippen molar-refractivity contribution in [3.05, 3.63) is 88.5 Å². The van der Waals surface area contributed by atoms with Crippen molar-refractivity contribution in [3.63, 3.8) is 0 Å². The quantitative estimate of drug-likeness (QED) is 0.557. The van der Waals surface area contributed by atoms with Crippen LogP contribution in [0.3, 0.4) is 0 Å². The summed E-state index contributed by atoms with van der Waals surface area (Å²) in [7, 11) is 3.79. The van der Waals surface area contributed by atoms with Crippen LogP contribution in [-0.2, 0) is 36.1 Å². The number of benzene rings is 3. The van der Waals surface area contributed by atoms with Crippen LogP contribution in [-0.4, -0.2) is 54.2 Å². The number of ketones is 1. The minimum atomic E-state index is -1.09. The summed E-state index contributed by atoms with van der Waals surface area (Å²) in [5.74, 6) is 2.25. The molecule has 2 fully saturated rings. The van der Waals surface area contributed by atoms with E-state index in [1.54, 1.807) is 7.11 Å². The molecule has 2 heterocycles. The maximum atomic E-state index is 14.7. The van der Waals surface area contributed by atoms with Gasteiger partial charge >= 0.3 is 0 Å². The minimum Gasteiger partial charge on any atom is -0.496 e. The Balaban J connectivity index is 1.26. The number of nitrogens with zero attached hydrogens (tertiary/aromatic N) is 1. The number of hydrogen-bond donors (Lipinski definition) is 1. The molecule has 3 aromatic carbocycles. The van der Waals surface area contributed by atoms with Gasteiger partial charge in [0.1, 0.15) is 12.4 Å². The fraction of sp³-hybridized carbons (Fsp3) is 0.424. The van der Waals surface area contributed by atoms with Gasteiger partial charge in [-0.1, -0.05) is 48.5 Å². The van der Waals surface area contributed by atoms with Gasteiger partial charge in [-0.05, 0) is 80.1 Å². The Labute approximate surface area is 228 Å². The van der Waals surface area contributed by atoms with Gasteiger partial charge in [0.25, 0.3) is 0 Å². The second-order valence-electron chi connectivity index (χ2n) is 12.3. The number of Topliss-reactive ketones (excluding diaryl/α,β-unsaturated/α-hetero) is 1. The van der Waals surface area contributed by atoms with E-state index in [9.17, 15) is 9.90 Å². The van der Waals surface area contributed by atoms with E-state index in [2.05, 4.69) is 24.1 Å². The zero-order valence-electron chi connectivity index (χ0n) is 22.4. The van der Waals surface area contributed by atoms with Gasteiger partial charge in [0.2, 0.25) is 0 Å². The summed E-state index contributed by atoms with van der Waals surface area (Å²) in [6, 6.07) is 20.2. The molecule has 2 aliphatic heterocycles. The zero-order valence-corrected chi connectivity index (χ0v) is 22.4. The maximum Gasteiger partial charge on any atom is 0.181 e. The summed E-state index contributed by atoms with van der Waals surface area (Å²) in [5.41, 5.74) is 2.90. The molecular weight excluding hydrogens is 490 g/mol. The molecule has 3 aliphatic carbocycles. The highest BCUT2D eigenvalue weighted by Gasteiger charge is 2.77. The number of ether oxygens (including phenoxy) is 3. The number of aliphatic hydroxyl groups is 1. The molecule has 1 saturated heterocycles. The number of carbonyl (C=O) groups is 1. The lowest BCUT2D eigenvalue weighted by molar-refractivity contribution is -0.206. The predicted molar refractivity (Wildman–Crippen MR) is 145 cm³/mol.